The molecule has 0 aliphatic carbocycles. The molecule has 2 aromatic rings. The van der Waals surface area contributed by atoms with E-state index in [1.54, 1.807) is 4.57 Å². The molecule has 23 heavy (non-hydrogen) atoms. The first-order chi connectivity index (χ1) is 10.2. The lowest BCUT2D eigenvalue weighted by atomic mass is 9.88. The molecule has 4 heteroatoms. The van der Waals surface area contributed by atoms with Gasteiger partial charge in [0, 0.05) is 27.4 Å². The minimum Gasteiger partial charge on any atom is -0.271 e. The Labute approximate surface area is 139 Å². The minimum atomic E-state index is -0.373. The molecule has 0 radical (unpaired) electrons. The number of hydrogen-bond donors (Lipinski definition) is 0. The van der Waals surface area contributed by atoms with E-state index in [0.29, 0.717) is 0 Å². The average Bonchev–Trinajstić information content (AvgIpc) is 2.32. The summed E-state index contributed by atoms with van der Waals surface area (Å²) in [5, 5.41) is 0.958. The highest BCUT2D eigenvalue weighted by atomic mass is 16.1. The largest absolute Gasteiger partial charge is 0.349 e. The summed E-state index contributed by atoms with van der Waals surface area (Å²) < 4.78 is 1.72. The van der Waals surface area contributed by atoms with Gasteiger partial charge < -0.3 is 0 Å². The van der Waals surface area contributed by atoms with Crippen molar-refractivity contribution in [1.29, 1.82) is 0 Å². The maximum Gasteiger partial charge on any atom is 0.349 e. The second-order valence-electron chi connectivity index (χ2n) is 9.32. The molecule has 0 spiro atoms. The fraction of sp³-hybridized carbons (Fsp3) is 0.632. The van der Waals surface area contributed by atoms with Gasteiger partial charge >= 0.3 is 5.69 Å². The lowest BCUT2D eigenvalue weighted by molar-refractivity contribution is 0.385. The van der Waals surface area contributed by atoms with E-state index in [9.17, 15) is 4.79 Å². The van der Waals surface area contributed by atoms with Crippen LogP contribution in [0.1, 0.15) is 73.7 Å². The summed E-state index contributed by atoms with van der Waals surface area (Å²) >= 11 is 0. The number of hydrogen-bond acceptors (Lipinski definition) is 3. The Hall–Kier alpha value is -1.71. The summed E-state index contributed by atoms with van der Waals surface area (Å²) in [5.41, 5.74) is 1.64. The van der Waals surface area contributed by atoms with E-state index in [0.717, 1.165) is 22.4 Å². The van der Waals surface area contributed by atoms with E-state index in [-0.39, 0.29) is 22.1 Å². The standard InChI is InChI=1S/C19H29N3O/c1-17(2,3)13-11-10-12-14(18(4,5)6)21-16(23)22(15(12)20-13)19(7,8)9/h10-11H,1-9H3. The van der Waals surface area contributed by atoms with Crippen LogP contribution in [0.4, 0.5) is 0 Å². The van der Waals surface area contributed by atoms with Crippen LogP contribution in [0.3, 0.4) is 0 Å². The second-order valence-corrected chi connectivity index (χ2v) is 9.32. The smallest absolute Gasteiger partial charge is 0.271 e. The molecule has 2 aromatic heterocycles. The molecule has 0 unspecified atom stereocenters. The van der Waals surface area contributed by atoms with E-state index in [1.807, 2.05) is 20.8 Å². The number of nitrogens with zero attached hydrogens (tertiary/aromatic N) is 3. The molecule has 126 valence electrons. The van der Waals surface area contributed by atoms with Crippen molar-refractivity contribution in [3.8, 4) is 0 Å². The monoisotopic (exact) mass is 315 g/mol. The van der Waals surface area contributed by atoms with Crippen LogP contribution in [0, 0.1) is 0 Å². The van der Waals surface area contributed by atoms with Gasteiger partial charge in [-0.3, -0.25) is 4.57 Å². The van der Waals surface area contributed by atoms with E-state index in [1.165, 1.54) is 0 Å². The van der Waals surface area contributed by atoms with E-state index in [2.05, 4.69) is 58.7 Å². The molecule has 4 nitrogen and oxygen atoms in total. The normalized spacial score (nSPS) is 13.6. The van der Waals surface area contributed by atoms with Gasteiger partial charge in [-0.1, -0.05) is 41.5 Å². The Morgan fingerprint density at radius 2 is 1.39 bits per heavy atom. The number of pyridine rings is 1. The van der Waals surface area contributed by atoms with Gasteiger partial charge in [-0.15, -0.1) is 0 Å². The minimum absolute atomic E-state index is 0.0713. The first-order valence-electron chi connectivity index (χ1n) is 8.18. The van der Waals surface area contributed by atoms with Crippen molar-refractivity contribution in [3.63, 3.8) is 0 Å². The average molecular weight is 315 g/mol. The zero-order valence-corrected chi connectivity index (χ0v) is 15.9. The Balaban J connectivity index is 3.02. The molecule has 0 bridgehead atoms. The highest BCUT2D eigenvalue weighted by molar-refractivity contribution is 5.79. The Bertz CT molecular complexity index is 797. The maximum atomic E-state index is 12.7. The van der Waals surface area contributed by atoms with Crippen LogP contribution < -0.4 is 5.69 Å². The lowest BCUT2D eigenvalue weighted by Crippen LogP contribution is -2.38. The fourth-order valence-electron chi connectivity index (χ4n) is 2.69. The van der Waals surface area contributed by atoms with Crippen molar-refractivity contribution in [1.82, 2.24) is 14.5 Å². The Morgan fingerprint density at radius 3 is 1.83 bits per heavy atom. The zero-order chi connectivity index (χ0) is 17.8. The van der Waals surface area contributed by atoms with Gasteiger partial charge in [0.25, 0.3) is 0 Å². The van der Waals surface area contributed by atoms with Crippen LogP contribution in [-0.4, -0.2) is 14.5 Å². The third-order valence-corrected chi connectivity index (χ3v) is 3.89. The predicted molar refractivity (Wildman–Crippen MR) is 96.2 cm³/mol. The Kier molecular flexibility index (Phi) is 3.95. The van der Waals surface area contributed by atoms with Crippen molar-refractivity contribution < 1.29 is 0 Å². The van der Waals surface area contributed by atoms with Crippen LogP contribution >= 0.6 is 0 Å². The SMILES string of the molecule is CC(C)(C)c1ccc2c(C(C)(C)C)nc(=O)n(C(C)(C)C)c2n1. The number of fused-ring (bicyclic) bond motifs is 1. The summed E-state index contributed by atoms with van der Waals surface area (Å²) in [7, 11) is 0. The second kappa shape index (κ2) is 5.15. The molecule has 0 saturated heterocycles. The summed E-state index contributed by atoms with van der Waals surface area (Å²) in [6.07, 6.45) is 0. The van der Waals surface area contributed by atoms with Gasteiger partial charge in [0.1, 0.15) is 5.65 Å². The number of aromatic nitrogens is 3. The zero-order valence-electron chi connectivity index (χ0n) is 15.9. The van der Waals surface area contributed by atoms with Gasteiger partial charge in [-0.25, -0.2) is 9.78 Å². The van der Waals surface area contributed by atoms with Crippen molar-refractivity contribution in [2.24, 2.45) is 0 Å². The van der Waals surface area contributed by atoms with Crippen LogP contribution in [-0.2, 0) is 16.4 Å². The van der Waals surface area contributed by atoms with E-state index in [4.69, 9.17) is 4.98 Å². The van der Waals surface area contributed by atoms with Crippen LogP contribution in [0.25, 0.3) is 11.0 Å². The van der Waals surface area contributed by atoms with Crippen molar-refractivity contribution in [3.05, 3.63) is 34.0 Å². The quantitative estimate of drug-likeness (QED) is 0.734. The molecule has 2 heterocycles. The van der Waals surface area contributed by atoms with Gasteiger partial charge in [0.15, 0.2) is 0 Å². The Morgan fingerprint density at radius 1 is 0.826 bits per heavy atom. The van der Waals surface area contributed by atoms with Gasteiger partial charge in [-0.2, -0.15) is 4.98 Å². The van der Waals surface area contributed by atoms with Gasteiger partial charge in [0.2, 0.25) is 0 Å². The van der Waals surface area contributed by atoms with Crippen LogP contribution in [0.15, 0.2) is 16.9 Å². The molecule has 0 aromatic carbocycles. The molecule has 0 saturated carbocycles. The summed E-state index contributed by atoms with van der Waals surface area (Å²) in [6.45, 7) is 18.7. The summed E-state index contributed by atoms with van der Waals surface area (Å²) in [4.78, 5) is 22.0. The molecule has 0 aliphatic heterocycles. The molecular formula is C19H29N3O. The highest BCUT2D eigenvalue weighted by Gasteiger charge is 2.27. The van der Waals surface area contributed by atoms with E-state index >= 15 is 0 Å². The van der Waals surface area contributed by atoms with Crippen molar-refractivity contribution >= 4 is 11.0 Å². The van der Waals surface area contributed by atoms with Gasteiger partial charge in [-0.05, 0) is 32.9 Å². The van der Waals surface area contributed by atoms with Gasteiger partial charge in [0.05, 0.1) is 5.69 Å². The molecule has 0 aliphatic rings. The lowest BCUT2D eigenvalue weighted by Gasteiger charge is -2.28. The van der Waals surface area contributed by atoms with Crippen LogP contribution in [0.5, 0.6) is 0 Å². The summed E-state index contributed by atoms with van der Waals surface area (Å²) in [6, 6.07) is 4.12. The molecular weight excluding hydrogens is 286 g/mol. The van der Waals surface area contributed by atoms with Crippen molar-refractivity contribution in [2.75, 3.05) is 0 Å². The third-order valence-electron chi connectivity index (χ3n) is 3.89. The van der Waals surface area contributed by atoms with Crippen LogP contribution in [0.2, 0.25) is 0 Å². The van der Waals surface area contributed by atoms with E-state index < -0.39 is 0 Å². The van der Waals surface area contributed by atoms with Crippen molar-refractivity contribution in [2.45, 2.75) is 78.7 Å². The molecule has 0 fully saturated rings. The fourth-order valence-corrected chi connectivity index (χ4v) is 2.69. The first kappa shape index (κ1) is 17.6. The predicted octanol–water partition coefficient (Wildman–Crippen LogP) is 4.14. The topological polar surface area (TPSA) is 47.8 Å². The molecule has 2 rings (SSSR count). The molecule has 0 amide bonds. The third kappa shape index (κ3) is 3.31. The highest BCUT2D eigenvalue weighted by Crippen LogP contribution is 2.30. The maximum absolute atomic E-state index is 12.7. The molecule has 0 N–H and O–H groups in total. The first-order valence-corrected chi connectivity index (χ1v) is 8.18. The molecule has 0 atom stereocenters. The number of rotatable bonds is 0. The summed E-state index contributed by atoms with van der Waals surface area (Å²) in [5.74, 6) is 0.